The molecule has 2 aromatic rings. The molecule has 0 saturated carbocycles. The van der Waals surface area contributed by atoms with E-state index in [2.05, 4.69) is 18.3 Å². The highest BCUT2D eigenvalue weighted by molar-refractivity contribution is 5.59. The molecule has 4 heteroatoms. The zero-order valence-corrected chi connectivity index (χ0v) is 11.1. The van der Waals surface area contributed by atoms with Crippen LogP contribution in [-0.4, -0.2) is 7.11 Å². The van der Waals surface area contributed by atoms with Gasteiger partial charge in [-0.1, -0.05) is 6.92 Å². The molecular formula is C15H16N2O2. The highest BCUT2D eigenvalue weighted by Gasteiger charge is 2.06. The van der Waals surface area contributed by atoms with E-state index >= 15 is 0 Å². The van der Waals surface area contributed by atoms with Gasteiger partial charge in [0.25, 0.3) is 0 Å². The van der Waals surface area contributed by atoms with E-state index in [0.717, 1.165) is 23.6 Å². The maximum atomic E-state index is 8.85. The lowest BCUT2D eigenvalue weighted by Gasteiger charge is -2.10. The van der Waals surface area contributed by atoms with E-state index in [1.807, 2.05) is 18.2 Å². The van der Waals surface area contributed by atoms with E-state index in [1.54, 1.807) is 19.2 Å². The van der Waals surface area contributed by atoms with Crippen molar-refractivity contribution in [2.45, 2.75) is 19.9 Å². The second kappa shape index (κ2) is 5.96. The summed E-state index contributed by atoms with van der Waals surface area (Å²) in [6.07, 6.45) is 0.889. The third kappa shape index (κ3) is 3.08. The van der Waals surface area contributed by atoms with E-state index in [4.69, 9.17) is 14.4 Å². The molecule has 0 atom stereocenters. The topological polar surface area (TPSA) is 58.2 Å². The van der Waals surface area contributed by atoms with Gasteiger partial charge in [-0.3, -0.25) is 0 Å². The Kier molecular flexibility index (Phi) is 4.09. The summed E-state index contributed by atoms with van der Waals surface area (Å²) in [6, 6.07) is 11.3. The Morgan fingerprint density at radius 1 is 1.26 bits per heavy atom. The van der Waals surface area contributed by atoms with Crippen molar-refractivity contribution in [1.29, 1.82) is 5.26 Å². The first-order valence-corrected chi connectivity index (χ1v) is 6.16. The smallest absolute Gasteiger partial charge is 0.143 e. The SMILES string of the molecule is CCc1ccc(CNc2ccc(C#N)cc2OC)o1. The second-order valence-corrected chi connectivity index (χ2v) is 4.10. The maximum Gasteiger partial charge on any atom is 0.143 e. The van der Waals surface area contributed by atoms with Crippen LogP contribution in [0.5, 0.6) is 5.75 Å². The Hall–Kier alpha value is -2.41. The van der Waals surface area contributed by atoms with Crippen LogP contribution in [0.4, 0.5) is 5.69 Å². The fourth-order valence-electron chi connectivity index (χ4n) is 1.80. The zero-order chi connectivity index (χ0) is 13.7. The Bertz CT molecular complexity index is 596. The van der Waals surface area contributed by atoms with Crippen LogP contribution < -0.4 is 10.1 Å². The summed E-state index contributed by atoms with van der Waals surface area (Å²) in [6.45, 7) is 2.64. The molecule has 1 aromatic carbocycles. The van der Waals surface area contributed by atoms with Crippen molar-refractivity contribution in [3.05, 3.63) is 47.4 Å². The first kappa shape index (κ1) is 13.0. The van der Waals surface area contributed by atoms with Crippen molar-refractivity contribution < 1.29 is 9.15 Å². The summed E-state index contributed by atoms with van der Waals surface area (Å²) in [5, 5.41) is 12.1. The summed E-state index contributed by atoms with van der Waals surface area (Å²) < 4.78 is 10.9. The predicted molar refractivity (Wildman–Crippen MR) is 73.1 cm³/mol. The van der Waals surface area contributed by atoms with Gasteiger partial charge in [-0.05, 0) is 24.3 Å². The number of ether oxygens (including phenoxy) is 1. The van der Waals surface area contributed by atoms with Gasteiger partial charge < -0.3 is 14.5 Å². The summed E-state index contributed by atoms with van der Waals surface area (Å²) in [5.74, 6) is 2.51. The van der Waals surface area contributed by atoms with Crippen LogP contribution in [0.3, 0.4) is 0 Å². The molecule has 0 saturated heterocycles. The molecule has 98 valence electrons. The molecule has 0 aliphatic rings. The fraction of sp³-hybridized carbons (Fsp3) is 0.267. The number of nitrogens with zero attached hydrogens (tertiary/aromatic N) is 1. The third-order valence-corrected chi connectivity index (χ3v) is 2.85. The fourth-order valence-corrected chi connectivity index (χ4v) is 1.80. The van der Waals surface area contributed by atoms with Gasteiger partial charge in [-0.15, -0.1) is 0 Å². The molecule has 0 aliphatic carbocycles. The summed E-state index contributed by atoms with van der Waals surface area (Å²) >= 11 is 0. The Morgan fingerprint density at radius 3 is 2.68 bits per heavy atom. The normalized spacial score (nSPS) is 9.95. The number of nitriles is 1. The second-order valence-electron chi connectivity index (χ2n) is 4.10. The number of aryl methyl sites for hydroxylation is 1. The van der Waals surface area contributed by atoms with Crippen molar-refractivity contribution in [2.75, 3.05) is 12.4 Å². The van der Waals surface area contributed by atoms with Gasteiger partial charge >= 0.3 is 0 Å². The van der Waals surface area contributed by atoms with Gasteiger partial charge in [0.2, 0.25) is 0 Å². The quantitative estimate of drug-likeness (QED) is 0.891. The first-order valence-electron chi connectivity index (χ1n) is 6.16. The number of hydrogen-bond donors (Lipinski definition) is 1. The molecule has 0 radical (unpaired) electrons. The lowest BCUT2D eigenvalue weighted by Crippen LogP contribution is -2.00. The Labute approximate surface area is 112 Å². The molecule has 0 amide bonds. The average molecular weight is 256 g/mol. The van der Waals surface area contributed by atoms with Crippen LogP contribution >= 0.6 is 0 Å². The molecule has 1 N–H and O–H groups in total. The summed E-state index contributed by atoms with van der Waals surface area (Å²) in [4.78, 5) is 0. The monoisotopic (exact) mass is 256 g/mol. The maximum absolute atomic E-state index is 8.85. The third-order valence-electron chi connectivity index (χ3n) is 2.85. The number of benzene rings is 1. The minimum absolute atomic E-state index is 0.577. The number of hydrogen-bond acceptors (Lipinski definition) is 4. The molecule has 0 aliphatic heterocycles. The standard InChI is InChI=1S/C15H16N2O2/c1-3-12-5-6-13(19-12)10-17-14-7-4-11(9-16)8-15(14)18-2/h4-8,17H,3,10H2,1-2H3. The van der Waals surface area contributed by atoms with Crippen molar-refractivity contribution in [3.8, 4) is 11.8 Å². The summed E-state index contributed by atoms with van der Waals surface area (Å²) in [5.41, 5.74) is 1.42. The molecular weight excluding hydrogens is 240 g/mol. The Balaban J connectivity index is 2.08. The molecule has 2 rings (SSSR count). The van der Waals surface area contributed by atoms with Gasteiger partial charge in [0.1, 0.15) is 17.3 Å². The predicted octanol–water partition coefficient (Wildman–Crippen LogP) is 3.33. The average Bonchev–Trinajstić information content (AvgIpc) is 2.92. The van der Waals surface area contributed by atoms with Crippen LogP contribution in [0.2, 0.25) is 0 Å². The highest BCUT2D eigenvalue weighted by Crippen LogP contribution is 2.26. The van der Waals surface area contributed by atoms with E-state index in [1.165, 1.54) is 0 Å². The number of rotatable bonds is 5. The minimum atomic E-state index is 0.577. The molecule has 0 unspecified atom stereocenters. The van der Waals surface area contributed by atoms with Crippen molar-refractivity contribution in [2.24, 2.45) is 0 Å². The zero-order valence-electron chi connectivity index (χ0n) is 11.1. The lowest BCUT2D eigenvalue weighted by molar-refractivity contribution is 0.416. The van der Waals surface area contributed by atoms with Gasteiger partial charge in [-0.2, -0.15) is 5.26 Å². The molecule has 19 heavy (non-hydrogen) atoms. The van der Waals surface area contributed by atoms with Crippen LogP contribution in [-0.2, 0) is 13.0 Å². The number of methoxy groups -OCH3 is 1. The number of nitrogens with one attached hydrogen (secondary N) is 1. The van der Waals surface area contributed by atoms with E-state index < -0.39 is 0 Å². The van der Waals surface area contributed by atoms with E-state index in [-0.39, 0.29) is 0 Å². The first-order chi connectivity index (χ1) is 9.26. The van der Waals surface area contributed by atoms with Crippen molar-refractivity contribution in [3.63, 3.8) is 0 Å². The molecule has 1 aromatic heterocycles. The molecule has 1 heterocycles. The van der Waals surface area contributed by atoms with Gasteiger partial charge in [0, 0.05) is 12.5 Å². The minimum Gasteiger partial charge on any atom is -0.495 e. The van der Waals surface area contributed by atoms with Gasteiger partial charge in [-0.25, -0.2) is 0 Å². The molecule has 0 spiro atoms. The van der Waals surface area contributed by atoms with Crippen LogP contribution in [0.1, 0.15) is 24.0 Å². The van der Waals surface area contributed by atoms with Crippen LogP contribution in [0.15, 0.2) is 34.7 Å². The number of furan rings is 1. The highest BCUT2D eigenvalue weighted by atomic mass is 16.5. The largest absolute Gasteiger partial charge is 0.495 e. The molecule has 4 nitrogen and oxygen atoms in total. The van der Waals surface area contributed by atoms with Crippen LogP contribution in [0, 0.1) is 11.3 Å². The molecule has 0 bridgehead atoms. The molecule has 0 fully saturated rings. The Morgan fingerprint density at radius 2 is 2.05 bits per heavy atom. The van der Waals surface area contributed by atoms with Crippen molar-refractivity contribution >= 4 is 5.69 Å². The number of anilines is 1. The van der Waals surface area contributed by atoms with Crippen molar-refractivity contribution in [1.82, 2.24) is 0 Å². The summed E-state index contributed by atoms with van der Waals surface area (Å²) in [7, 11) is 1.59. The lowest BCUT2D eigenvalue weighted by atomic mass is 10.2. The van der Waals surface area contributed by atoms with E-state index in [9.17, 15) is 0 Å². The van der Waals surface area contributed by atoms with Gasteiger partial charge in [0.15, 0.2) is 0 Å². The van der Waals surface area contributed by atoms with Crippen LogP contribution in [0.25, 0.3) is 0 Å². The van der Waals surface area contributed by atoms with E-state index in [0.29, 0.717) is 17.9 Å². The van der Waals surface area contributed by atoms with Gasteiger partial charge in [0.05, 0.1) is 31.0 Å².